The summed E-state index contributed by atoms with van der Waals surface area (Å²) in [5.74, 6) is -0.0240. The van der Waals surface area contributed by atoms with Gasteiger partial charge in [-0.15, -0.1) is 11.3 Å². The Labute approximate surface area is 159 Å². The Bertz CT molecular complexity index is 1060. The number of H-pyrrole nitrogens is 1. The van der Waals surface area contributed by atoms with Crippen molar-refractivity contribution in [3.63, 3.8) is 0 Å². The van der Waals surface area contributed by atoms with E-state index in [0.717, 1.165) is 37.2 Å². The SMILES string of the molecule is Cc1[nH]c2ccccc2c1CCNC(=O)c1cc2sc(N(C)C)nc2s1. The fourth-order valence-electron chi connectivity index (χ4n) is 3.07. The number of hydrogen-bond donors (Lipinski definition) is 2. The molecule has 2 N–H and O–H groups in total. The van der Waals surface area contributed by atoms with Crippen LogP contribution in [0.25, 0.3) is 20.4 Å². The number of amides is 1. The average Bonchev–Trinajstić information content (AvgIpc) is 3.26. The lowest BCUT2D eigenvalue weighted by atomic mass is 10.1. The van der Waals surface area contributed by atoms with Gasteiger partial charge >= 0.3 is 0 Å². The minimum Gasteiger partial charge on any atom is -0.358 e. The molecule has 5 nitrogen and oxygen atoms in total. The monoisotopic (exact) mass is 384 g/mol. The highest BCUT2D eigenvalue weighted by molar-refractivity contribution is 7.29. The molecule has 0 unspecified atom stereocenters. The first-order chi connectivity index (χ1) is 12.5. The second-order valence-corrected chi connectivity index (χ2v) is 8.49. The van der Waals surface area contributed by atoms with E-state index in [9.17, 15) is 4.79 Å². The molecule has 1 amide bonds. The van der Waals surface area contributed by atoms with Crippen molar-refractivity contribution >= 4 is 54.1 Å². The van der Waals surface area contributed by atoms with Gasteiger partial charge in [0, 0.05) is 37.2 Å². The van der Waals surface area contributed by atoms with E-state index in [1.54, 1.807) is 11.3 Å². The van der Waals surface area contributed by atoms with Gasteiger partial charge in [0.05, 0.1) is 9.58 Å². The maximum Gasteiger partial charge on any atom is 0.261 e. The number of aromatic nitrogens is 2. The van der Waals surface area contributed by atoms with Crippen LogP contribution in [0.5, 0.6) is 0 Å². The number of benzene rings is 1. The molecule has 1 aromatic carbocycles. The molecule has 0 fully saturated rings. The summed E-state index contributed by atoms with van der Waals surface area (Å²) in [6, 6.07) is 10.2. The molecular weight excluding hydrogens is 364 g/mol. The number of aromatic amines is 1. The quantitative estimate of drug-likeness (QED) is 0.542. The van der Waals surface area contributed by atoms with Crippen LogP contribution in [0.4, 0.5) is 5.13 Å². The van der Waals surface area contributed by atoms with Gasteiger partial charge in [-0.2, -0.15) is 0 Å². The van der Waals surface area contributed by atoms with Crippen molar-refractivity contribution in [3.05, 3.63) is 46.5 Å². The van der Waals surface area contributed by atoms with Crippen molar-refractivity contribution in [3.8, 4) is 0 Å². The fraction of sp³-hybridized carbons (Fsp3) is 0.263. The minimum absolute atomic E-state index is 0.0240. The van der Waals surface area contributed by atoms with E-state index in [1.807, 2.05) is 37.2 Å². The van der Waals surface area contributed by atoms with Gasteiger partial charge < -0.3 is 15.2 Å². The lowest BCUT2D eigenvalue weighted by Gasteiger charge is -2.05. The number of carbonyl (C=O) groups is 1. The molecule has 0 radical (unpaired) electrons. The van der Waals surface area contributed by atoms with Crippen LogP contribution in [0.15, 0.2) is 30.3 Å². The summed E-state index contributed by atoms with van der Waals surface area (Å²) in [5.41, 5.74) is 3.58. The molecule has 0 spiro atoms. The highest BCUT2D eigenvalue weighted by Crippen LogP contribution is 2.33. The zero-order chi connectivity index (χ0) is 18.3. The lowest BCUT2D eigenvalue weighted by molar-refractivity contribution is 0.0958. The number of nitrogens with zero attached hydrogens (tertiary/aromatic N) is 2. The van der Waals surface area contributed by atoms with Crippen molar-refractivity contribution in [2.45, 2.75) is 13.3 Å². The van der Waals surface area contributed by atoms with Crippen LogP contribution in [0.2, 0.25) is 0 Å². The molecule has 0 saturated carbocycles. The van der Waals surface area contributed by atoms with E-state index < -0.39 is 0 Å². The molecule has 0 aliphatic carbocycles. The normalized spacial score (nSPS) is 11.3. The van der Waals surface area contributed by atoms with Crippen molar-refractivity contribution < 1.29 is 4.79 Å². The fourth-order valence-corrected chi connectivity index (χ4v) is 5.12. The van der Waals surface area contributed by atoms with Gasteiger partial charge in [0.1, 0.15) is 4.83 Å². The third kappa shape index (κ3) is 3.08. The van der Waals surface area contributed by atoms with Crippen molar-refractivity contribution in [1.82, 2.24) is 15.3 Å². The van der Waals surface area contributed by atoms with Crippen molar-refractivity contribution in [1.29, 1.82) is 0 Å². The van der Waals surface area contributed by atoms with Crippen LogP contribution >= 0.6 is 22.7 Å². The third-order valence-corrected chi connectivity index (χ3v) is 6.70. The average molecular weight is 385 g/mol. The Morgan fingerprint density at radius 3 is 2.85 bits per heavy atom. The van der Waals surface area contributed by atoms with E-state index >= 15 is 0 Å². The van der Waals surface area contributed by atoms with E-state index in [0.29, 0.717) is 6.54 Å². The molecule has 0 aliphatic rings. The summed E-state index contributed by atoms with van der Waals surface area (Å²) < 4.78 is 1.07. The maximum atomic E-state index is 12.5. The van der Waals surface area contributed by atoms with Gasteiger partial charge in [0.2, 0.25) is 0 Å². The molecule has 134 valence electrons. The third-order valence-electron chi connectivity index (χ3n) is 4.37. The highest BCUT2D eigenvalue weighted by Gasteiger charge is 2.15. The summed E-state index contributed by atoms with van der Waals surface area (Å²) in [7, 11) is 3.95. The zero-order valence-electron chi connectivity index (χ0n) is 14.9. The van der Waals surface area contributed by atoms with Crippen LogP contribution in [-0.2, 0) is 6.42 Å². The second-order valence-electron chi connectivity index (χ2n) is 6.45. The number of hydrogen-bond acceptors (Lipinski definition) is 5. The maximum absolute atomic E-state index is 12.5. The zero-order valence-corrected chi connectivity index (χ0v) is 16.6. The van der Waals surface area contributed by atoms with E-state index in [2.05, 4.69) is 34.3 Å². The smallest absolute Gasteiger partial charge is 0.261 e. The largest absolute Gasteiger partial charge is 0.358 e. The second kappa shape index (κ2) is 6.74. The number of nitrogens with one attached hydrogen (secondary N) is 2. The number of para-hydroxylation sites is 1. The predicted octanol–water partition coefficient (Wildman–Crippen LogP) is 4.19. The van der Waals surface area contributed by atoms with Crippen LogP contribution in [0.3, 0.4) is 0 Å². The first kappa shape index (κ1) is 17.1. The first-order valence-electron chi connectivity index (χ1n) is 8.45. The van der Waals surface area contributed by atoms with E-state index in [-0.39, 0.29) is 5.91 Å². The Balaban J connectivity index is 1.43. The van der Waals surface area contributed by atoms with Gasteiger partial charge in [-0.25, -0.2) is 4.98 Å². The summed E-state index contributed by atoms with van der Waals surface area (Å²) in [6.07, 6.45) is 0.810. The predicted molar refractivity (Wildman–Crippen MR) is 111 cm³/mol. The Kier molecular flexibility index (Phi) is 4.42. The molecule has 4 rings (SSSR count). The number of carbonyl (C=O) groups excluding carboxylic acids is 1. The molecule has 26 heavy (non-hydrogen) atoms. The van der Waals surface area contributed by atoms with Gasteiger partial charge in [-0.05, 0) is 31.0 Å². The summed E-state index contributed by atoms with van der Waals surface area (Å²) >= 11 is 3.06. The first-order valence-corrected chi connectivity index (χ1v) is 10.1. The molecular formula is C19H20N4OS2. The number of anilines is 1. The number of thiazole rings is 1. The summed E-state index contributed by atoms with van der Waals surface area (Å²) in [6.45, 7) is 2.70. The Hall–Kier alpha value is -2.38. The topological polar surface area (TPSA) is 61.0 Å². The van der Waals surface area contributed by atoms with E-state index in [4.69, 9.17) is 0 Å². The number of thiophene rings is 1. The number of fused-ring (bicyclic) bond motifs is 2. The Morgan fingerprint density at radius 1 is 1.27 bits per heavy atom. The van der Waals surface area contributed by atoms with E-state index in [1.165, 1.54) is 22.3 Å². The summed E-state index contributed by atoms with van der Waals surface area (Å²) in [5, 5.41) is 5.24. The van der Waals surface area contributed by atoms with Crippen LogP contribution < -0.4 is 10.2 Å². The van der Waals surface area contributed by atoms with Crippen LogP contribution in [0, 0.1) is 6.92 Å². The van der Waals surface area contributed by atoms with Crippen molar-refractivity contribution in [2.24, 2.45) is 0 Å². The Morgan fingerprint density at radius 2 is 2.08 bits per heavy atom. The van der Waals surface area contributed by atoms with Crippen molar-refractivity contribution in [2.75, 3.05) is 25.5 Å². The standard InChI is InChI=1S/C19H20N4OS2/c1-11-12(13-6-4-5-7-14(13)21-11)8-9-20-17(24)15-10-16-18(25-15)22-19(26-16)23(2)3/h4-7,10,21H,8-9H2,1-3H3,(H,20,24). The molecule has 3 aromatic heterocycles. The van der Waals surface area contributed by atoms with Gasteiger partial charge in [-0.3, -0.25) is 4.79 Å². The van der Waals surface area contributed by atoms with Crippen LogP contribution in [-0.4, -0.2) is 36.5 Å². The van der Waals surface area contributed by atoms with Gasteiger partial charge in [0.25, 0.3) is 5.91 Å². The molecule has 4 aromatic rings. The molecule has 7 heteroatoms. The van der Waals surface area contributed by atoms with Gasteiger partial charge in [-0.1, -0.05) is 29.5 Å². The molecule has 0 aliphatic heterocycles. The molecule has 0 saturated heterocycles. The summed E-state index contributed by atoms with van der Waals surface area (Å²) in [4.78, 5) is 24.1. The minimum atomic E-state index is -0.0240. The molecule has 0 bridgehead atoms. The molecule has 3 heterocycles. The lowest BCUT2D eigenvalue weighted by Crippen LogP contribution is -2.24. The number of rotatable bonds is 5. The van der Waals surface area contributed by atoms with Gasteiger partial charge in [0.15, 0.2) is 5.13 Å². The van der Waals surface area contributed by atoms with Crippen LogP contribution in [0.1, 0.15) is 20.9 Å². The number of aryl methyl sites for hydroxylation is 1. The highest BCUT2D eigenvalue weighted by atomic mass is 32.1. The molecule has 0 atom stereocenters.